The largest absolute Gasteiger partial charge is 0.355 e. The van der Waals surface area contributed by atoms with Gasteiger partial charge >= 0.3 is 0 Å². The zero-order valence-electron chi connectivity index (χ0n) is 24.4. The van der Waals surface area contributed by atoms with Crippen LogP contribution in [0.1, 0.15) is 90.2 Å². The van der Waals surface area contributed by atoms with Gasteiger partial charge in [-0.15, -0.1) is 0 Å². The molecule has 0 radical (unpaired) electrons. The summed E-state index contributed by atoms with van der Waals surface area (Å²) >= 11 is 0. The number of hydroxylamine groups is 1. The molecule has 4 aliphatic rings. The first-order chi connectivity index (χ1) is 18.8. The maximum Gasteiger partial charge on any atom is 0.0779 e. The van der Waals surface area contributed by atoms with Gasteiger partial charge in [0.1, 0.15) is 0 Å². The molecule has 0 spiro atoms. The lowest BCUT2D eigenvalue weighted by molar-refractivity contribution is 0.214. The van der Waals surface area contributed by atoms with E-state index in [1.165, 1.54) is 33.4 Å². The Balaban J connectivity index is 1.87. The van der Waals surface area contributed by atoms with Gasteiger partial charge < -0.3 is 4.98 Å². The summed E-state index contributed by atoms with van der Waals surface area (Å²) in [6.07, 6.45) is 11.7. The van der Waals surface area contributed by atoms with Gasteiger partial charge in [0.15, 0.2) is 0 Å². The van der Waals surface area contributed by atoms with Crippen molar-refractivity contribution >= 4 is 29.3 Å². The second-order valence-electron chi connectivity index (χ2n) is 10.5. The van der Waals surface area contributed by atoms with Crippen LogP contribution >= 0.6 is 0 Å². The Bertz CT molecular complexity index is 1590. The molecule has 0 saturated carbocycles. The normalized spacial score (nSPS) is 20.0. The molecule has 1 aromatic rings. The summed E-state index contributed by atoms with van der Waals surface area (Å²) in [4.78, 5) is 19.1. The van der Waals surface area contributed by atoms with E-state index in [4.69, 9.17) is 15.0 Å². The summed E-state index contributed by atoms with van der Waals surface area (Å²) in [7, 11) is 0. The van der Waals surface area contributed by atoms with Crippen LogP contribution in [-0.2, 0) is 6.42 Å². The number of hydrogen-bond donors (Lipinski definition) is 3. The second kappa shape index (κ2) is 10.4. The van der Waals surface area contributed by atoms with Crippen LogP contribution in [0.2, 0.25) is 0 Å². The molecule has 202 valence electrons. The van der Waals surface area contributed by atoms with Gasteiger partial charge in [0.25, 0.3) is 0 Å². The van der Waals surface area contributed by atoms with E-state index < -0.39 is 0 Å². The van der Waals surface area contributed by atoms with Crippen molar-refractivity contribution in [2.24, 2.45) is 15.0 Å². The van der Waals surface area contributed by atoms with Crippen LogP contribution in [0.3, 0.4) is 0 Å². The minimum Gasteiger partial charge on any atom is -0.355 e. The molecule has 39 heavy (non-hydrogen) atoms. The fourth-order valence-corrected chi connectivity index (χ4v) is 6.32. The molecule has 1 aromatic heterocycles. The number of nitrogens with one attached hydrogen (secondary N) is 2. The number of rotatable bonds is 5. The Morgan fingerprint density at radius 1 is 0.692 bits per heavy atom. The molecule has 6 heteroatoms. The highest BCUT2D eigenvalue weighted by Crippen LogP contribution is 2.39. The highest BCUT2D eigenvalue weighted by atomic mass is 16.5. The zero-order chi connectivity index (χ0) is 28.0. The third-order valence-corrected chi connectivity index (χ3v) is 8.51. The summed E-state index contributed by atoms with van der Waals surface area (Å²) in [5.41, 5.74) is 20.4. The molecule has 0 fully saturated rings. The molecular formula is C33H39N5O. The maximum atomic E-state index is 9.84. The smallest absolute Gasteiger partial charge is 0.0779 e. The Morgan fingerprint density at radius 3 is 1.79 bits per heavy atom. The molecule has 0 saturated heterocycles. The third kappa shape index (κ3) is 4.27. The fourth-order valence-electron chi connectivity index (χ4n) is 6.32. The van der Waals surface area contributed by atoms with E-state index in [1.54, 1.807) is 6.20 Å². The van der Waals surface area contributed by atoms with E-state index in [-0.39, 0.29) is 0 Å². The van der Waals surface area contributed by atoms with Crippen molar-refractivity contribution in [3.63, 3.8) is 0 Å². The Morgan fingerprint density at radius 2 is 1.26 bits per heavy atom. The number of fused-ring (bicyclic) bond motifs is 5. The molecule has 3 N–H and O–H groups in total. The third-order valence-electron chi connectivity index (χ3n) is 8.51. The number of hydrogen-bond acceptors (Lipinski definition) is 5. The number of aromatic nitrogens is 1. The Hall–Kier alpha value is -3.77. The number of allylic oxidation sites excluding steroid dienone is 8. The van der Waals surface area contributed by atoms with Gasteiger partial charge in [0, 0.05) is 23.2 Å². The Kier molecular flexibility index (Phi) is 7.17. The first kappa shape index (κ1) is 26.8. The molecule has 0 unspecified atom stereocenters. The summed E-state index contributed by atoms with van der Waals surface area (Å²) in [5.74, 6) is 0. The van der Waals surface area contributed by atoms with Gasteiger partial charge in [-0.2, -0.15) is 0 Å². The van der Waals surface area contributed by atoms with Crippen molar-refractivity contribution in [1.82, 2.24) is 10.5 Å². The van der Waals surface area contributed by atoms with Gasteiger partial charge in [-0.25, -0.2) is 15.0 Å². The molecule has 5 rings (SSSR count). The number of aliphatic imine (C=N–C) groups is 3. The minimum atomic E-state index is 0.791. The first-order valence-electron chi connectivity index (χ1n) is 14.1. The molecule has 8 bridgehead atoms. The summed E-state index contributed by atoms with van der Waals surface area (Å²) < 4.78 is 0. The van der Waals surface area contributed by atoms with E-state index in [2.05, 4.69) is 84.1 Å². The molecule has 0 atom stereocenters. The van der Waals surface area contributed by atoms with Gasteiger partial charge in [-0.3, -0.25) is 10.7 Å². The highest BCUT2D eigenvalue weighted by Gasteiger charge is 2.31. The number of aromatic amines is 1. The number of H-pyrrole nitrogens is 1. The summed E-state index contributed by atoms with van der Waals surface area (Å²) in [5, 5.41) is 9.84. The van der Waals surface area contributed by atoms with Gasteiger partial charge in [-0.05, 0) is 116 Å². The molecule has 5 heterocycles. The van der Waals surface area contributed by atoms with Crippen LogP contribution < -0.4 is 5.48 Å². The van der Waals surface area contributed by atoms with Crippen molar-refractivity contribution < 1.29 is 5.21 Å². The number of nitrogens with zero attached hydrogens (tertiary/aromatic N) is 3. The molecule has 0 amide bonds. The van der Waals surface area contributed by atoms with E-state index in [0.29, 0.717) is 0 Å². The molecule has 0 aliphatic carbocycles. The van der Waals surface area contributed by atoms with E-state index in [9.17, 15) is 5.21 Å². The lowest BCUT2D eigenvalue weighted by atomic mass is 9.92. The van der Waals surface area contributed by atoms with Gasteiger partial charge in [0.2, 0.25) is 0 Å². The Labute approximate surface area is 231 Å². The molecule has 0 aromatic carbocycles. The molecule has 6 nitrogen and oxygen atoms in total. The topological polar surface area (TPSA) is 85.1 Å². The summed E-state index contributed by atoms with van der Waals surface area (Å²) in [6, 6.07) is 0. The van der Waals surface area contributed by atoms with E-state index >= 15 is 0 Å². The van der Waals surface area contributed by atoms with Crippen LogP contribution in [-0.4, -0.2) is 27.3 Å². The minimum absolute atomic E-state index is 0.791. The average Bonchev–Trinajstić information content (AvgIpc) is 3.59. The van der Waals surface area contributed by atoms with Crippen LogP contribution in [0.5, 0.6) is 0 Å². The van der Waals surface area contributed by atoms with Crippen LogP contribution in [0.15, 0.2) is 83.4 Å². The average molecular weight is 522 g/mol. The quantitative estimate of drug-likeness (QED) is 0.344. The standard InChI is InChI=1S/C33H39N5O/c1-9-21-17(5)26-13-27-18(6)22(10-2)29(36-27)15-31-24(12-4)20(8)33(38-31)25(16-34-39)32-19(7)23(11-3)30(37-32)14-28(21)35-26/h13-16,34-35,39H,9-12H2,1-8H3. The molecule has 4 aliphatic heterocycles. The van der Waals surface area contributed by atoms with Crippen LogP contribution in [0, 0.1) is 6.92 Å². The lowest BCUT2D eigenvalue weighted by Crippen LogP contribution is -2.16. The highest BCUT2D eigenvalue weighted by molar-refractivity contribution is 6.36. The van der Waals surface area contributed by atoms with Gasteiger partial charge in [-0.1, -0.05) is 27.7 Å². The predicted octanol–water partition coefficient (Wildman–Crippen LogP) is 7.87. The van der Waals surface area contributed by atoms with Crippen molar-refractivity contribution in [1.29, 1.82) is 0 Å². The van der Waals surface area contributed by atoms with Crippen LogP contribution in [0.4, 0.5) is 0 Å². The van der Waals surface area contributed by atoms with Crippen molar-refractivity contribution in [2.75, 3.05) is 0 Å². The van der Waals surface area contributed by atoms with Gasteiger partial charge in [0.05, 0.1) is 34.2 Å². The first-order valence-corrected chi connectivity index (χ1v) is 14.1. The zero-order valence-corrected chi connectivity index (χ0v) is 24.4. The van der Waals surface area contributed by atoms with E-state index in [0.717, 1.165) is 88.0 Å². The SMILES string of the molecule is CCC1=C(C)C2=NC1=CC1=NC(=Cc3[nH]c(c(CC)c3C)C=C3N=C(C2=CNO)C(C)=C3CC)C(C)=C1CC. The summed E-state index contributed by atoms with van der Waals surface area (Å²) in [6.45, 7) is 17.3. The van der Waals surface area contributed by atoms with Crippen molar-refractivity contribution in [2.45, 2.75) is 81.1 Å². The van der Waals surface area contributed by atoms with Crippen LogP contribution in [0.25, 0.3) is 12.2 Å². The fraction of sp³-hybridized carbons (Fsp3) is 0.364. The monoisotopic (exact) mass is 521 g/mol. The molecular weight excluding hydrogens is 482 g/mol. The van der Waals surface area contributed by atoms with E-state index in [1.807, 2.05) is 0 Å². The van der Waals surface area contributed by atoms with Crippen molar-refractivity contribution in [3.8, 4) is 0 Å². The lowest BCUT2D eigenvalue weighted by Gasteiger charge is -2.10. The maximum absolute atomic E-state index is 9.84. The second-order valence-corrected chi connectivity index (χ2v) is 10.5. The van der Waals surface area contributed by atoms with Crippen molar-refractivity contribution in [3.05, 3.63) is 90.9 Å². The predicted molar refractivity (Wildman–Crippen MR) is 163 cm³/mol.